The monoisotopic (exact) mass is 837 g/mol. The molecule has 4 N–H and O–H groups in total. The van der Waals surface area contributed by atoms with E-state index in [1.807, 2.05) is 35.4 Å². The lowest BCUT2D eigenvalue weighted by atomic mass is 9.93. The highest BCUT2D eigenvalue weighted by Gasteiger charge is 2.43. The van der Waals surface area contributed by atoms with Crippen LogP contribution < -0.4 is 20.7 Å². The molecule has 0 spiro atoms. The molecule has 0 bridgehead atoms. The Morgan fingerprint density at radius 1 is 0.917 bits per heavy atom. The number of imide groups is 1. The Balaban J connectivity index is 0.700. The van der Waals surface area contributed by atoms with E-state index in [2.05, 4.69) is 30.8 Å². The lowest BCUT2D eigenvalue weighted by Gasteiger charge is -2.38. The first-order valence-corrected chi connectivity index (χ1v) is 21.6. The maximum absolute atomic E-state index is 13.7. The Kier molecular flexibility index (Phi) is 12.9. The number of aromatic nitrogens is 3. The van der Waals surface area contributed by atoms with Crippen molar-refractivity contribution in [2.45, 2.75) is 76.3 Å². The number of amides is 5. The number of piperidine rings is 3. The van der Waals surface area contributed by atoms with Gasteiger partial charge in [0.1, 0.15) is 5.75 Å². The van der Waals surface area contributed by atoms with Crippen molar-refractivity contribution in [3.05, 3.63) is 71.0 Å². The smallest absolute Gasteiger partial charge is 0.265 e. The molecule has 2 aromatic carbocycles. The van der Waals surface area contributed by atoms with Crippen LogP contribution in [0.4, 0.5) is 5.95 Å². The lowest BCUT2D eigenvalue weighted by molar-refractivity contribution is -0.138. The minimum absolute atomic E-state index is 0.0421. The lowest BCUT2D eigenvalue weighted by Crippen LogP contribution is -2.50. The number of benzene rings is 2. The van der Waals surface area contributed by atoms with E-state index >= 15 is 0 Å². The van der Waals surface area contributed by atoms with Crippen molar-refractivity contribution in [2.75, 3.05) is 57.7 Å². The third-order valence-corrected chi connectivity index (χ3v) is 12.5. The second-order valence-electron chi connectivity index (χ2n) is 16.2. The van der Waals surface area contributed by atoms with Crippen LogP contribution in [0.25, 0.3) is 22.2 Å². The SMILES string of the molecule is O=C1CCC(N2C(=O)c3cccc(OCC(=O)NCCCCCCN4CCC(C(=O)N5CCC[C@@H](Nc6ncc(Cl)c(-c7c[nH]c8ccccc78)n6)C5)CC4)c3C2=O)CN1. The first-order valence-electron chi connectivity index (χ1n) is 21.3. The molecule has 4 aromatic rings. The van der Waals surface area contributed by atoms with Gasteiger partial charge in [0.25, 0.3) is 17.7 Å². The van der Waals surface area contributed by atoms with E-state index in [0.717, 1.165) is 94.0 Å². The number of nitrogens with zero attached hydrogens (tertiary/aromatic N) is 5. The standard InChI is InChI=1S/C44H52ClN9O6/c45-34-25-49-44(51-40(34)33-24-47-35-12-4-3-10-31(33)35)50-29-9-8-20-53(26-29)41(57)28-16-21-52(22-17-28)19-6-2-1-5-18-46-38(56)27-60-36-13-7-11-32-39(36)43(59)54(42(32)58)30-14-15-37(55)48-23-30/h3-4,7,10-13,24-25,28-30,47H,1-2,5-6,8-9,14-23,26-27H2,(H,46,56)(H,48,55)(H,49,50,51)/t29-,30?/m1/s1. The number of rotatable bonds is 15. The first-order chi connectivity index (χ1) is 29.2. The summed E-state index contributed by atoms with van der Waals surface area (Å²) < 4.78 is 5.73. The molecule has 15 nitrogen and oxygen atoms in total. The van der Waals surface area contributed by atoms with Gasteiger partial charge in [-0.05, 0) is 82.8 Å². The number of nitrogens with one attached hydrogen (secondary N) is 4. The van der Waals surface area contributed by atoms with E-state index in [9.17, 15) is 24.0 Å². The summed E-state index contributed by atoms with van der Waals surface area (Å²) in [5, 5.41) is 10.6. The summed E-state index contributed by atoms with van der Waals surface area (Å²) >= 11 is 6.56. The summed E-state index contributed by atoms with van der Waals surface area (Å²) in [6.45, 7) is 4.70. The van der Waals surface area contributed by atoms with Crippen molar-refractivity contribution in [2.24, 2.45) is 5.92 Å². The maximum atomic E-state index is 13.7. The number of aromatic amines is 1. The molecular formula is C44H52ClN9O6. The molecule has 2 atom stereocenters. The van der Waals surface area contributed by atoms with E-state index in [4.69, 9.17) is 21.3 Å². The summed E-state index contributed by atoms with van der Waals surface area (Å²) in [4.78, 5) is 82.3. The molecule has 3 saturated heterocycles. The number of hydrogen-bond donors (Lipinski definition) is 4. The fourth-order valence-corrected chi connectivity index (χ4v) is 9.13. The molecule has 4 aliphatic heterocycles. The molecule has 4 aliphatic rings. The number of para-hydroxylation sites is 1. The van der Waals surface area contributed by atoms with Gasteiger partial charge in [-0.3, -0.25) is 28.9 Å². The van der Waals surface area contributed by atoms with Crippen LogP contribution in [0.3, 0.4) is 0 Å². The zero-order valence-corrected chi connectivity index (χ0v) is 34.5. The third kappa shape index (κ3) is 9.26. The van der Waals surface area contributed by atoms with Crippen molar-refractivity contribution < 1.29 is 28.7 Å². The van der Waals surface area contributed by atoms with Crippen molar-refractivity contribution in [3.8, 4) is 17.0 Å². The van der Waals surface area contributed by atoms with Gasteiger partial charge in [-0.15, -0.1) is 0 Å². The van der Waals surface area contributed by atoms with Gasteiger partial charge >= 0.3 is 0 Å². The fourth-order valence-electron chi connectivity index (χ4n) is 8.93. The molecule has 316 valence electrons. The Morgan fingerprint density at radius 3 is 2.58 bits per heavy atom. The summed E-state index contributed by atoms with van der Waals surface area (Å²) in [7, 11) is 0. The summed E-state index contributed by atoms with van der Waals surface area (Å²) in [5.74, 6) is -0.264. The van der Waals surface area contributed by atoms with E-state index in [0.29, 0.717) is 36.2 Å². The van der Waals surface area contributed by atoms with Crippen LogP contribution >= 0.6 is 11.6 Å². The minimum Gasteiger partial charge on any atom is -0.483 e. The van der Waals surface area contributed by atoms with Gasteiger partial charge in [-0.1, -0.05) is 48.7 Å². The number of H-pyrrole nitrogens is 1. The van der Waals surface area contributed by atoms with E-state index in [1.54, 1.807) is 24.4 Å². The molecule has 0 radical (unpaired) electrons. The molecule has 6 heterocycles. The Hall–Kier alpha value is -5.54. The van der Waals surface area contributed by atoms with Crippen LogP contribution in [0.2, 0.25) is 5.02 Å². The molecule has 1 unspecified atom stereocenters. The van der Waals surface area contributed by atoms with Gasteiger partial charge in [0.15, 0.2) is 6.61 Å². The van der Waals surface area contributed by atoms with Gasteiger partial charge in [0.2, 0.25) is 17.8 Å². The van der Waals surface area contributed by atoms with E-state index < -0.39 is 17.9 Å². The number of unbranched alkanes of at least 4 members (excludes halogenated alkanes) is 3. The summed E-state index contributed by atoms with van der Waals surface area (Å²) in [6.07, 6.45) is 11.7. The van der Waals surface area contributed by atoms with Crippen LogP contribution in [0.15, 0.2) is 54.9 Å². The van der Waals surface area contributed by atoms with Crippen LogP contribution in [0.5, 0.6) is 5.75 Å². The summed E-state index contributed by atoms with van der Waals surface area (Å²) in [5.41, 5.74) is 3.02. The average molecular weight is 838 g/mol. The Labute approximate surface area is 353 Å². The molecule has 8 rings (SSSR count). The largest absolute Gasteiger partial charge is 0.483 e. The fraction of sp³-hybridized carbons (Fsp3) is 0.477. The molecular weight excluding hydrogens is 786 g/mol. The molecule has 5 amide bonds. The van der Waals surface area contributed by atoms with Crippen LogP contribution in [-0.4, -0.2) is 124 Å². The van der Waals surface area contributed by atoms with Gasteiger partial charge in [0.05, 0.1) is 34.1 Å². The van der Waals surface area contributed by atoms with Gasteiger partial charge in [0, 0.05) is 67.2 Å². The average Bonchev–Trinajstić information content (AvgIpc) is 3.81. The number of ether oxygens (including phenoxy) is 1. The normalized spacial score (nSPS) is 20.0. The van der Waals surface area contributed by atoms with E-state index in [1.165, 1.54) is 4.90 Å². The van der Waals surface area contributed by atoms with E-state index in [-0.39, 0.29) is 66.1 Å². The number of carbonyl (C=O) groups excluding carboxylic acids is 5. The van der Waals surface area contributed by atoms with Crippen LogP contribution in [-0.2, 0) is 14.4 Å². The van der Waals surface area contributed by atoms with Crippen molar-refractivity contribution in [1.82, 2.24) is 40.3 Å². The highest BCUT2D eigenvalue weighted by molar-refractivity contribution is 6.33. The highest BCUT2D eigenvalue weighted by Crippen LogP contribution is 2.34. The zero-order chi connectivity index (χ0) is 41.6. The second-order valence-corrected chi connectivity index (χ2v) is 16.6. The summed E-state index contributed by atoms with van der Waals surface area (Å²) in [6, 6.07) is 12.5. The molecule has 0 aliphatic carbocycles. The minimum atomic E-state index is -0.464. The van der Waals surface area contributed by atoms with Crippen molar-refractivity contribution >= 4 is 58.0 Å². The quantitative estimate of drug-likeness (QED) is 0.0938. The second kappa shape index (κ2) is 18.8. The highest BCUT2D eigenvalue weighted by atomic mass is 35.5. The molecule has 60 heavy (non-hydrogen) atoms. The van der Waals surface area contributed by atoms with Gasteiger partial charge in [-0.2, -0.15) is 0 Å². The molecule has 16 heteroatoms. The predicted molar refractivity (Wildman–Crippen MR) is 227 cm³/mol. The number of hydrogen-bond acceptors (Lipinski definition) is 10. The molecule has 3 fully saturated rings. The zero-order valence-electron chi connectivity index (χ0n) is 33.7. The van der Waals surface area contributed by atoms with Gasteiger partial charge in [-0.25, -0.2) is 9.97 Å². The van der Waals surface area contributed by atoms with Gasteiger partial charge < -0.3 is 35.5 Å². The first kappa shape index (κ1) is 41.2. The Morgan fingerprint density at radius 2 is 1.75 bits per heavy atom. The number of likely N-dealkylation sites (tertiary alicyclic amines) is 2. The topological polar surface area (TPSA) is 182 Å². The van der Waals surface area contributed by atoms with Crippen LogP contribution in [0.1, 0.15) is 84.9 Å². The number of halogens is 1. The maximum Gasteiger partial charge on any atom is 0.265 e. The third-order valence-electron chi connectivity index (χ3n) is 12.2. The number of fused-ring (bicyclic) bond motifs is 2. The Bertz CT molecular complexity index is 2230. The number of carbonyl (C=O) groups is 5. The van der Waals surface area contributed by atoms with Crippen molar-refractivity contribution in [3.63, 3.8) is 0 Å². The number of anilines is 1. The predicted octanol–water partition coefficient (Wildman–Crippen LogP) is 5.02. The van der Waals surface area contributed by atoms with Crippen molar-refractivity contribution in [1.29, 1.82) is 0 Å². The molecule has 2 aromatic heterocycles. The molecule has 0 saturated carbocycles. The van der Waals surface area contributed by atoms with Crippen LogP contribution in [0, 0.1) is 5.92 Å².